The molecule has 150 valence electrons. The number of nitrogens with one attached hydrogen (secondary N) is 1. The molecular weight excluding hydrogens is 352 g/mol. The molecule has 2 heterocycles. The van der Waals surface area contributed by atoms with Gasteiger partial charge in [-0.25, -0.2) is 4.98 Å². The molecule has 0 aliphatic carbocycles. The summed E-state index contributed by atoms with van der Waals surface area (Å²) in [4.78, 5) is 21.2. The van der Waals surface area contributed by atoms with Gasteiger partial charge in [0.15, 0.2) is 6.61 Å². The van der Waals surface area contributed by atoms with Crippen molar-refractivity contribution in [1.29, 1.82) is 0 Å². The Balaban J connectivity index is 1.50. The minimum absolute atomic E-state index is 0.0271. The molecule has 0 spiro atoms. The van der Waals surface area contributed by atoms with Crippen LogP contribution in [0.2, 0.25) is 0 Å². The van der Waals surface area contributed by atoms with E-state index in [1.165, 1.54) is 11.1 Å². The molecule has 1 aliphatic rings. The van der Waals surface area contributed by atoms with Gasteiger partial charge in [0.25, 0.3) is 5.91 Å². The first kappa shape index (κ1) is 20.1. The van der Waals surface area contributed by atoms with Gasteiger partial charge >= 0.3 is 0 Å². The Bertz CT molecular complexity index is 797. The second-order valence-electron chi connectivity index (χ2n) is 7.71. The topological polar surface area (TPSA) is 57.7 Å². The molecule has 0 bridgehead atoms. The standard InChI is InChI=1S/C22H30N4O2/c1-16(2)20-7-6-19(13-17(20)3)28-15-22(27)24-18-5-8-21(23-14-18)26-11-9-25(4)10-12-26/h5-8,13-14,16H,9-12,15H2,1-4H3,(H,24,27). The van der Waals surface area contributed by atoms with Crippen molar-refractivity contribution in [2.75, 3.05) is 50.1 Å². The first-order valence-electron chi connectivity index (χ1n) is 9.85. The molecule has 1 amide bonds. The second kappa shape index (κ2) is 9.06. The third kappa shape index (κ3) is 5.23. The van der Waals surface area contributed by atoms with E-state index in [2.05, 4.69) is 54.0 Å². The van der Waals surface area contributed by atoms with E-state index < -0.39 is 0 Å². The van der Waals surface area contributed by atoms with Crippen LogP contribution < -0.4 is 15.0 Å². The number of aryl methyl sites for hydroxylation is 1. The molecule has 0 unspecified atom stereocenters. The molecule has 1 N–H and O–H groups in total. The number of likely N-dealkylation sites (N-methyl/N-ethyl adjacent to an activating group) is 1. The summed E-state index contributed by atoms with van der Waals surface area (Å²) in [5.41, 5.74) is 3.15. The van der Waals surface area contributed by atoms with Gasteiger partial charge in [0, 0.05) is 26.2 Å². The number of hydrogen-bond acceptors (Lipinski definition) is 5. The van der Waals surface area contributed by atoms with E-state index in [0.717, 1.165) is 32.0 Å². The number of rotatable bonds is 6. The van der Waals surface area contributed by atoms with Crippen LogP contribution in [0.1, 0.15) is 30.9 Å². The Morgan fingerprint density at radius 1 is 1.18 bits per heavy atom. The zero-order valence-electron chi connectivity index (χ0n) is 17.2. The summed E-state index contributed by atoms with van der Waals surface area (Å²) in [5, 5.41) is 2.84. The predicted molar refractivity (Wildman–Crippen MR) is 113 cm³/mol. The van der Waals surface area contributed by atoms with Crippen LogP contribution in [-0.2, 0) is 4.79 Å². The highest BCUT2D eigenvalue weighted by Gasteiger charge is 2.15. The Labute approximate surface area is 167 Å². The number of piperazine rings is 1. The summed E-state index contributed by atoms with van der Waals surface area (Å²) < 4.78 is 5.64. The third-order valence-electron chi connectivity index (χ3n) is 5.09. The molecule has 0 radical (unpaired) electrons. The van der Waals surface area contributed by atoms with E-state index in [4.69, 9.17) is 4.74 Å². The number of anilines is 2. The molecule has 0 atom stereocenters. The van der Waals surface area contributed by atoms with Crippen molar-refractivity contribution < 1.29 is 9.53 Å². The lowest BCUT2D eigenvalue weighted by atomic mass is 9.98. The maximum atomic E-state index is 12.2. The van der Waals surface area contributed by atoms with Gasteiger partial charge in [-0.1, -0.05) is 19.9 Å². The molecule has 1 aromatic heterocycles. The van der Waals surface area contributed by atoms with Crippen molar-refractivity contribution in [3.05, 3.63) is 47.7 Å². The first-order chi connectivity index (χ1) is 13.4. The average Bonchev–Trinajstić information content (AvgIpc) is 2.67. The molecule has 2 aromatic rings. The SMILES string of the molecule is Cc1cc(OCC(=O)Nc2ccc(N3CCN(C)CC3)nc2)ccc1C(C)C. The van der Waals surface area contributed by atoms with Crippen LogP contribution in [0.4, 0.5) is 11.5 Å². The number of benzene rings is 1. The fraction of sp³-hybridized carbons (Fsp3) is 0.455. The van der Waals surface area contributed by atoms with Crippen LogP contribution >= 0.6 is 0 Å². The van der Waals surface area contributed by atoms with Crippen molar-refractivity contribution >= 4 is 17.4 Å². The maximum absolute atomic E-state index is 12.2. The van der Waals surface area contributed by atoms with E-state index in [9.17, 15) is 4.79 Å². The lowest BCUT2D eigenvalue weighted by Gasteiger charge is -2.33. The van der Waals surface area contributed by atoms with Gasteiger partial charge < -0.3 is 19.9 Å². The van der Waals surface area contributed by atoms with Crippen LogP contribution in [-0.4, -0.2) is 55.6 Å². The molecule has 1 saturated heterocycles. The smallest absolute Gasteiger partial charge is 0.262 e. The molecule has 3 rings (SSSR count). The number of nitrogens with zero attached hydrogens (tertiary/aromatic N) is 3. The van der Waals surface area contributed by atoms with Gasteiger partial charge in [0.2, 0.25) is 0 Å². The Hall–Kier alpha value is -2.60. The van der Waals surface area contributed by atoms with Crippen molar-refractivity contribution in [3.63, 3.8) is 0 Å². The van der Waals surface area contributed by atoms with Crippen molar-refractivity contribution in [3.8, 4) is 5.75 Å². The molecular formula is C22H30N4O2. The van der Waals surface area contributed by atoms with Gasteiger partial charge in [-0.05, 0) is 55.3 Å². The highest BCUT2D eigenvalue weighted by Crippen LogP contribution is 2.23. The highest BCUT2D eigenvalue weighted by molar-refractivity contribution is 5.91. The molecule has 1 aromatic carbocycles. The monoisotopic (exact) mass is 382 g/mol. The number of aromatic nitrogens is 1. The van der Waals surface area contributed by atoms with Crippen LogP contribution in [0, 0.1) is 6.92 Å². The predicted octanol–water partition coefficient (Wildman–Crippen LogP) is 3.28. The van der Waals surface area contributed by atoms with E-state index in [-0.39, 0.29) is 12.5 Å². The van der Waals surface area contributed by atoms with E-state index in [1.807, 2.05) is 24.3 Å². The maximum Gasteiger partial charge on any atom is 0.262 e. The minimum Gasteiger partial charge on any atom is -0.484 e. The number of hydrogen-bond donors (Lipinski definition) is 1. The Morgan fingerprint density at radius 3 is 2.54 bits per heavy atom. The fourth-order valence-electron chi connectivity index (χ4n) is 3.41. The van der Waals surface area contributed by atoms with Gasteiger partial charge in [0.1, 0.15) is 11.6 Å². The molecule has 1 fully saturated rings. The van der Waals surface area contributed by atoms with Crippen LogP contribution in [0.15, 0.2) is 36.5 Å². The average molecular weight is 383 g/mol. The highest BCUT2D eigenvalue weighted by atomic mass is 16.5. The van der Waals surface area contributed by atoms with Gasteiger partial charge in [-0.3, -0.25) is 4.79 Å². The second-order valence-corrected chi connectivity index (χ2v) is 7.71. The van der Waals surface area contributed by atoms with Gasteiger partial charge in [0.05, 0.1) is 11.9 Å². The summed E-state index contributed by atoms with van der Waals surface area (Å²) in [7, 11) is 2.13. The van der Waals surface area contributed by atoms with Crippen molar-refractivity contribution in [2.45, 2.75) is 26.7 Å². The zero-order valence-corrected chi connectivity index (χ0v) is 17.2. The molecule has 6 nitrogen and oxygen atoms in total. The quantitative estimate of drug-likeness (QED) is 0.831. The lowest BCUT2D eigenvalue weighted by Crippen LogP contribution is -2.44. The van der Waals surface area contributed by atoms with Crippen LogP contribution in [0.25, 0.3) is 0 Å². The number of pyridine rings is 1. The van der Waals surface area contributed by atoms with E-state index in [1.54, 1.807) is 6.20 Å². The van der Waals surface area contributed by atoms with Crippen LogP contribution in [0.5, 0.6) is 5.75 Å². The summed E-state index contributed by atoms with van der Waals surface area (Å²) in [6, 6.07) is 9.81. The molecule has 1 aliphatic heterocycles. The first-order valence-corrected chi connectivity index (χ1v) is 9.85. The van der Waals surface area contributed by atoms with E-state index in [0.29, 0.717) is 17.4 Å². The minimum atomic E-state index is -0.195. The van der Waals surface area contributed by atoms with Gasteiger partial charge in [-0.15, -0.1) is 0 Å². The van der Waals surface area contributed by atoms with Gasteiger partial charge in [-0.2, -0.15) is 0 Å². The number of ether oxygens (including phenoxy) is 1. The summed E-state index contributed by atoms with van der Waals surface area (Å²) >= 11 is 0. The summed E-state index contributed by atoms with van der Waals surface area (Å²) in [5.74, 6) is 1.93. The van der Waals surface area contributed by atoms with Crippen molar-refractivity contribution in [1.82, 2.24) is 9.88 Å². The molecule has 28 heavy (non-hydrogen) atoms. The summed E-state index contributed by atoms with van der Waals surface area (Å²) in [6.45, 7) is 10.4. The Morgan fingerprint density at radius 2 is 1.93 bits per heavy atom. The fourth-order valence-corrected chi connectivity index (χ4v) is 3.41. The molecule has 0 saturated carbocycles. The largest absolute Gasteiger partial charge is 0.484 e. The number of amides is 1. The number of carbonyl (C=O) groups excluding carboxylic acids is 1. The van der Waals surface area contributed by atoms with Crippen LogP contribution in [0.3, 0.4) is 0 Å². The third-order valence-corrected chi connectivity index (χ3v) is 5.09. The molecule has 6 heteroatoms. The zero-order chi connectivity index (χ0) is 20.1. The summed E-state index contributed by atoms with van der Waals surface area (Å²) in [6.07, 6.45) is 1.70. The Kier molecular flexibility index (Phi) is 6.52. The number of carbonyl (C=O) groups is 1. The normalized spacial score (nSPS) is 15.0. The lowest BCUT2D eigenvalue weighted by molar-refractivity contribution is -0.118. The van der Waals surface area contributed by atoms with Crippen molar-refractivity contribution in [2.24, 2.45) is 0 Å². The van der Waals surface area contributed by atoms with E-state index >= 15 is 0 Å².